The first kappa shape index (κ1) is 18.6. The van der Waals surface area contributed by atoms with Gasteiger partial charge in [-0.2, -0.15) is 0 Å². The van der Waals surface area contributed by atoms with Gasteiger partial charge in [-0.15, -0.1) is 11.3 Å². The highest BCUT2D eigenvalue weighted by atomic mass is 32.1. The first-order valence-corrected chi connectivity index (χ1v) is 10.3. The zero-order chi connectivity index (χ0) is 19.4. The molecule has 0 atom stereocenters. The van der Waals surface area contributed by atoms with Gasteiger partial charge >= 0.3 is 0 Å². The molecule has 0 bridgehead atoms. The summed E-state index contributed by atoms with van der Waals surface area (Å²) in [7, 11) is 0. The van der Waals surface area contributed by atoms with Gasteiger partial charge in [0.2, 0.25) is 0 Å². The van der Waals surface area contributed by atoms with Crippen LogP contribution in [0.4, 0.5) is 16.8 Å². The van der Waals surface area contributed by atoms with Gasteiger partial charge in [0.1, 0.15) is 18.0 Å². The van der Waals surface area contributed by atoms with Crippen molar-refractivity contribution in [1.82, 2.24) is 15.0 Å². The summed E-state index contributed by atoms with van der Waals surface area (Å²) in [4.78, 5) is 15.6. The number of hydrogen-bond donors (Lipinski definition) is 3. The van der Waals surface area contributed by atoms with Crippen LogP contribution >= 0.6 is 11.3 Å². The Labute approximate surface area is 168 Å². The number of nitrogens with one attached hydrogen (secondary N) is 1. The lowest BCUT2D eigenvalue weighted by Gasteiger charge is -2.42. The Kier molecular flexibility index (Phi) is 5.40. The van der Waals surface area contributed by atoms with Gasteiger partial charge in [-0.25, -0.2) is 15.0 Å². The molecule has 0 radical (unpaired) electrons. The Morgan fingerprint density at radius 3 is 2.64 bits per heavy atom. The summed E-state index contributed by atoms with van der Waals surface area (Å²) in [5.74, 6) is 1.63. The number of aliphatic hydroxyl groups excluding tert-OH is 1. The van der Waals surface area contributed by atoms with Crippen LogP contribution in [0.2, 0.25) is 0 Å². The molecule has 4 rings (SSSR count). The fourth-order valence-electron chi connectivity index (χ4n) is 3.88. The third kappa shape index (κ3) is 3.65. The molecule has 7 nitrogen and oxygen atoms in total. The quantitative estimate of drug-likeness (QED) is 0.588. The normalized spacial score (nSPS) is 16.1. The summed E-state index contributed by atoms with van der Waals surface area (Å²) in [6, 6.07) is 12.5. The average molecular weight is 397 g/mol. The molecule has 0 unspecified atom stereocenters. The van der Waals surface area contributed by atoms with Crippen molar-refractivity contribution in [3.63, 3.8) is 0 Å². The number of aromatic nitrogens is 3. The van der Waals surface area contributed by atoms with E-state index in [1.165, 1.54) is 16.9 Å². The summed E-state index contributed by atoms with van der Waals surface area (Å²) >= 11 is 1.50. The van der Waals surface area contributed by atoms with Crippen LogP contribution in [0.3, 0.4) is 0 Å². The summed E-state index contributed by atoms with van der Waals surface area (Å²) in [5, 5.41) is 14.8. The van der Waals surface area contributed by atoms with Gasteiger partial charge in [0.05, 0.1) is 12.3 Å². The fourth-order valence-corrected chi connectivity index (χ4v) is 4.54. The van der Waals surface area contributed by atoms with E-state index in [4.69, 9.17) is 10.8 Å². The Hall–Kier alpha value is -2.71. The van der Waals surface area contributed by atoms with E-state index >= 15 is 0 Å². The number of nitrogen functional groups attached to an aromatic ring is 1. The van der Waals surface area contributed by atoms with E-state index in [1.807, 2.05) is 12.1 Å². The zero-order valence-corrected chi connectivity index (χ0v) is 16.4. The third-order valence-electron chi connectivity index (χ3n) is 5.35. The van der Waals surface area contributed by atoms with Crippen molar-refractivity contribution in [2.45, 2.75) is 18.3 Å². The Balaban J connectivity index is 1.58. The van der Waals surface area contributed by atoms with E-state index in [0.717, 1.165) is 43.3 Å². The van der Waals surface area contributed by atoms with E-state index in [9.17, 15) is 0 Å². The number of nitrogens with zero attached hydrogens (tertiary/aromatic N) is 4. The molecule has 0 amide bonds. The standard InChI is InChI=1S/C20H24N6OS/c21-19-25-16(13-28-19)20(15-4-2-1-3-5-15)6-9-26(10-7-20)18-12-17(22-8-11-27)23-14-24-18/h1-5,12-14,27H,6-11H2,(H2,21,25)(H,22,23,24). The number of anilines is 3. The van der Waals surface area contributed by atoms with Crippen LogP contribution in [0.25, 0.3) is 0 Å². The predicted octanol–water partition coefficient (Wildman–Crippen LogP) is 2.51. The maximum Gasteiger partial charge on any atom is 0.180 e. The number of rotatable bonds is 6. The van der Waals surface area contributed by atoms with Crippen LogP contribution < -0.4 is 16.0 Å². The minimum atomic E-state index is -0.128. The van der Waals surface area contributed by atoms with Gasteiger partial charge in [0.25, 0.3) is 0 Å². The Bertz CT molecular complexity index is 908. The fraction of sp³-hybridized carbons (Fsp3) is 0.350. The van der Waals surface area contributed by atoms with E-state index < -0.39 is 0 Å². The molecule has 3 aromatic rings. The highest BCUT2D eigenvalue weighted by Crippen LogP contribution is 2.42. The van der Waals surface area contributed by atoms with Crippen molar-refractivity contribution in [3.05, 3.63) is 59.4 Å². The van der Waals surface area contributed by atoms with Crippen molar-refractivity contribution in [2.75, 3.05) is 42.2 Å². The van der Waals surface area contributed by atoms with Crippen molar-refractivity contribution in [1.29, 1.82) is 0 Å². The van der Waals surface area contributed by atoms with Crippen LogP contribution in [0, 0.1) is 0 Å². The van der Waals surface area contributed by atoms with Crippen molar-refractivity contribution in [3.8, 4) is 0 Å². The van der Waals surface area contributed by atoms with Crippen molar-refractivity contribution >= 4 is 28.1 Å². The van der Waals surface area contributed by atoms with Gasteiger partial charge in [-0.1, -0.05) is 30.3 Å². The first-order valence-electron chi connectivity index (χ1n) is 9.40. The second-order valence-corrected chi connectivity index (χ2v) is 7.81. The number of nitrogens with two attached hydrogens (primary N) is 1. The maximum atomic E-state index is 8.99. The molecule has 1 aliphatic rings. The van der Waals surface area contributed by atoms with E-state index in [0.29, 0.717) is 11.7 Å². The Morgan fingerprint density at radius 2 is 1.96 bits per heavy atom. The largest absolute Gasteiger partial charge is 0.395 e. The van der Waals surface area contributed by atoms with Crippen LogP contribution in [-0.4, -0.2) is 46.3 Å². The third-order valence-corrected chi connectivity index (χ3v) is 6.02. The van der Waals surface area contributed by atoms with E-state index in [2.05, 4.69) is 54.8 Å². The molecule has 8 heteroatoms. The van der Waals surface area contributed by atoms with Gasteiger partial charge in [0.15, 0.2) is 5.13 Å². The molecule has 1 aromatic carbocycles. The lowest BCUT2D eigenvalue weighted by molar-refractivity contribution is 0.311. The number of piperidine rings is 1. The summed E-state index contributed by atoms with van der Waals surface area (Å²) < 4.78 is 0. The molecule has 1 fully saturated rings. The zero-order valence-electron chi connectivity index (χ0n) is 15.6. The second kappa shape index (κ2) is 8.12. The molecule has 0 saturated carbocycles. The molecule has 3 heterocycles. The molecular formula is C20H24N6OS. The van der Waals surface area contributed by atoms with E-state index in [-0.39, 0.29) is 12.0 Å². The van der Waals surface area contributed by atoms with Crippen LogP contribution in [0.5, 0.6) is 0 Å². The van der Waals surface area contributed by atoms with Crippen LogP contribution in [0.1, 0.15) is 24.1 Å². The molecule has 28 heavy (non-hydrogen) atoms. The van der Waals surface area contributed by atoms with Crippen molar-refractivity contribution in [2.24, 2.45) is 0 Å². The number of hydrogen-bond acceptors (Lipinski definition) is 8. The topological polar surface area (TPSA) is 100 Å². The molecule has 0 spiro atoms. The van der Waals surface area contributed by atoms with Crippen LogP contribution in [-0.2, 0) is 5.41 Å². The second-order valence-electron chi connectivity index (χ2n) is 6.92. The number of aliphatic hydroxyl groups is 1. The number of thiazole rings is 1. The highest BCUT2D eigenvalue weighted by molar-refractivity contribution is 7.13. The number of benzene rings is 1. The monoisotopic (exact) mass is 396 g/mol. The van der Waals surface area contributed by atoms with Crippen LogP contribution in [0.15, 0.2) is 48.1 Å². The van der Waals surface area contributed by atoms with Gasteiger partial charge in [-0.3, -0.25) is 0 Å². The molecule has 4 N–H and O–H groups in total. The van der Waals surface area contributed by atoms with Gasteiger partial charge < -0.3 is 21.1 Å². The van der Waals surface area contributed by atoms with E-state index in [1.54, 1.807) is 6.33 Å². The highest BCUT2D eigenvalue weighted by Gasteiger charge is 2.40. The molecule has 0 aliphatic carbocycles. The predicted molar refractivity (Wildman–Crippen MR) is 113 cm³/mol. The first-order chi connectivity index (χ1) is 13.7. The molecule has 1 saturated heterocycles. The maximum absolute atomic E-state index is 8.99. The molecule has 2 aromatic heterocycles. The summed E-state index contributed by atoms with van der Waals surface area (Å²) in [5.41, 5.74) is 8.17. The molecule has 1 aliphatic heterocycles. The average Bonchev–Trinajstić information content (AvgIpc) is 3.20. The molecular weight excluding hydrogens is 372 g/mol. The molecule has 146 valence electrons. The SMILES string of the molecule is Nc1nc(C2(c3ccccc3)CCN(c3cc(NCCO)ncn3)CC2)cs1. The summed E-state index contributed by atoms with van der Waals surface area (Å²) in [6.45, 7) is 2.27. The minimum absolute atomic E-state index is 0.0689. The van der Waals surface area contributed by atoms with Crippen molar-refractivity contribution < 1.29 is 5.11 Å². The lowest BCUT2D eigenvalue weighted by Crippen LogP contribution is -2.44. The lowest BCUT2D eigenvalue weighted by atomic mass is 9.70. The Morgan fingerprint density at radius 1 is 1.18 bits per heavy atom. The smallest absolute Gasteiger partial charge is 0.180 e. The minimum Gasteiger partial charge on any atom is -0.395 e. The van der Waals surface area contributed by atoms with Gasteiger partial charge in [-0.05, 0) is 18.4 Å². The van der Waals surface area contributed by atoms with Gasteiger partial charge in [0, 0.05) is 36.5 Å². The summed E-state index contributed by atoms with van der Waals surface area (Å²) in [6.07, 6.45) is 3.43.